The third-order valence-corrected chi connectivity index (χ3v) is 3.70. The maximum Gasteiger partial charge on any atom is 0.101 e. The van der Waals surface area contributed by atoms with Crippen LogP contribution in [-0.2, 0) is 0 Å². The number of aromatic nitrogens is 1. The lowest BCUT2D eigenvalue weighted by Gasteiger charge is -1.98. The highest BCUT2D eigenvalue weighted by atomic mass is 15.2. The van der Waals surface area contributed by atoms with Crippen LogP contribution in [0, 0.1) is 0 Å². The Morgan fingerprint density at radius 2 is 1.36 bits per heavy atom. The van der Waals surface area contributed by atoms with Crippen molar-refractivity contribution in [1.29, 1.82) is 0 Å². The molecular weight excluding hydrogens is 270 g/mol. The van der Waals surface area contributed by atoms with Crippen LogP contribution in [0.15, 0.2) is 83.3 Å². The Bertz CT molecular complexity index is 832. The topological polar surface area (TPSA) is 37.6 Å². The Labute approximate surface area is 128 Å². The lowest BCUT2D eigenvalue weighted by molar-refractivity contribution is 1.24. The summed E-state index contributed by atoms with van der Waals surface area (Å²) in [5.74, 6) is 0. The van der Waals surface area contributed by atoms with Crippen LogP contribution in [0.5, 0.6) is 0 Å². The number of nitrogens with zero attached hydrogens (tertiary/aromatic N) is 3. The van der Waals surface area contributed by atoms with Gasteiger partial charge in [0, 0.05) is 29.1 Å². The molecule has 0 unspecified atom stereocenters. The second-order valence-electron chi connectivity index (χ2n) is 5.07. The molecule has 3 aromatic rings. The van der Waals surface area contributed by atoms with E-state index in [9.17, 15) is 0 Å². The average molecular weight is 283 g/mol. The first-order valence-electron chi connectivity index (χ1n) is 7.14. The predicted octanol–water partition coefficient (Wildman–Crippen LogP) is 3.93. The van der Waals surface area contributed by atoms with Gasteiger partial charge in [-0.1, -0.05) is 54.6 Å². The largest absolute Gasteiger partial charge is 0.264 e. The van der Waals surface area contributed by atoms with Gasteiger partial charge in [0.15, 0.2) is 0 Å². The van der Waals surface area contributed by atoms with Crippen molar-refractivity contribution in [2.75, 3.05) is 0 Å². The monoisotopic (exact) mass is 283 g/mol. The fourth-order valence-corrected chi connectivity index (χ4v) is 2.71. The molecule has 0 atom stereocenters. The van der Waals surface area contributed by atoms with E-state index in [1.54, 1.807) is 18.6 Å². The van der Waals surface area contributed by atoms with Crippen molar-refractivity contribution in [2.24, 2.45) is 10.2 Å². The number of hydrogen-bond acceptors (Lipinski definition) is 3. The highest BCUT2D eigenvalue weighted by Gasteiger charge is 2.23. The Morgan fingerprint density at radius 3 is 1.95 bits per heavy atom. The maximum atomic E-state index is 4.46. The molecular formula is C19H13N3. The molecule has 1 heterocycles. The molecule has 0 amide bonds. The van der Waals surface area contributed by atoms with Gasteiger partial charge in [-0.15, -0.1) is 5.10 Å². The van der Waals surface area contributed by atoms with E-state index in [-0.39, 0.29) is 0 Å². The Morgan fingerprint density at radius 1 is 0.727 bits per heavy atom. The van der Waals surface area contributed by atoms with Crippen molar-refractivity contribution < 1.29 is 0 Å². The fraction of sp³-hybridized carbons (Fsp3) is 0. The number of pyridine rings is 1. The van der Waals surface area contributed by atoms with E-state index in [0.717, 1.165) is 22.4 Å². The van der Waals surface area contributed by atoms with Gasteiger partial charge in [-0.3, -0.25) is 4.98 Å². The molecule has 0 aliphatic heterocycles. The average Bonchev–Trinajstić information content (AvgIpc) is 2.91. The number of fused-ring (bicyclic) bond motifs is 3. The van der Waals surface area contributed by atoms with Crippen LogP contribution in [0.3, 0.4) is 0 Å². The summed E-state index contributed by atoms with van der Waals surface area (Å²) in [6.07, 6.45) is 5.23. The Kier molecular flexibility index (Phi) is 3.09. The standard InChI is InChI=1S/C19H13N3/c1-3-9-17-15(7-1)16-8-2-4-10-18(16)19(17)22-21-13-14-6-5-11-20-12-14/h1-13H. The van der Waals surface area contributed by atoms with Gasteiger partial charge in [-0.25, -0.2) is 0 Å². The van der Waals surface area contributed by atoms with Gasteiger partial charge in [-0.2, -0.15) is 5.10 Å². The van der Waals surface area contributed by atoms with E-state index in [1.807, 2.05) is 24.3 Å². The second-order valence-corrected chi connectivity index (χ2v) is 5.07. The Hall–Kier alpha value is -3.07. The molecule has 0 saturated heterocycles. The molecule has 1 aromatic heterocycles. The van der Waals surface area contributed by atoms with Gasteiger partial charge in [0.1, 0.15) is 5.71 Å². The molecule has 0 saturated carbocycles. The number of hydrogen-bond donors (Lipinski definition) is 0. The van der Waals surface area contributed by atoms with Crippen LogP contribution in [0.4, 0.5) is 0 Å². The molecule has 1 aliphatic carbocycles. The van der Waals surface area contributed by atoms with Crippen molar-refractivity contribution in [2.45, 2.75) is 0 Å². The number of rotatable bonds is 2. The van der Waals surface area contributed by atoms with Gasteiger partial charge in [0.05, 0.1) is 6.21 Å². The minimum absolute atomic E-state index is 0.923. The van der Waals surface area contributed by atoms with Crippen LogP contribution in [-0.4, -0.2) is 16.9 Å². The zero-order chi connectivity index (χ0) is 14.8. The summed E-state index contributed by atoms with van der Waals surface area (Å²) in [6.45, 7) is 0. The molecule has 0 fully saturated rings. The summed E-state index contributed by atoms with van der Waals surface area (Å²) in [5.41, 5.74) is 6.55. The maximum absolute atomic E-state index is 4.46. The lowest BCUT2D eigenvalue weighted by Crippen LogP contribution is -1.97. The first kappa shape index (κ1) is 12.7. The fourth-order valence-electron chi connectivity index (χ4n) is 2.71. The number of benzene rings is 2. The van der Waals surface area contributed by atoms with E-state index in [2.05, 4.69) is 51.6 Å². The molecule has 4 rings (SSSR count). The molecule has 2 aromatic carbocycles. The zero-order valence-corrected chi connectivity index (χ0v) is 11.8. The second kappa shape index (κ2) is 5.37. The van der Waals surface area contributed by atoms with Gasteiger partial charge >= 0.3 is 0 Å². The summed E-state index contributed by atoms with van der Waals surface area (Å²) in [4.78, 5) is 4.07. The zero-order valence-electron chi connectivity index (χ0n) is 11.8. The molecule has 1 aliphatic rings. The minimum atomic E-state index is 0.923. The van der Waals surface area contributed by atoms with Crippen LogP contribution < -0.4 is 0 Å². The Balaban J connectivity index is 1.78. The first-order valence-corrected chi connectivity index (χ1v) is 7.14. The minimum Gasteiger partial charge on any atom is -0.264 e. The van der Waals surface area contributed by atoms with Crippen molar-refractivity contribution in [3.63, 3.8) is 0 Å². The van der Waals surface area contributed by atoms with Crippen LogP contribution in [0.25, 0.3) is 11.1 Å². The third-order valence-electron chi connectivity index (χ3n) is 3.70. The molecule has 22 heavy (non-hydrogen) atoms. The van der Waals surface area contributed by atoms with E-state index in [0.29, 0.717) is 0 Å². The molecule has 0 radical (unpaired) electrons. The van der Waals surface area contributed by atoms with E-state index < -0.39 is 0 Å². The lowest BCUT2D eigenvalue weighted by atomic mass is 10.1. The van der Waals surface area contributed by atoms with E-state index in [1.165, 1.54) is 11.1 Å². The third kappa shape index (κ3) is 2.13. The molecule has 0 N–H and O–H groups in total. The summed E-state index contributed by atoms with van der Waals surface area (Å²) in [7, 11) is 0. The van der Waals surface area contributed by atoms with Crippen molar-refractivity contribution >= 4 is 11.9 Å². The van der Waals surface area contributed by atoms with E-state index >= 15 is 0 Å². The van der Waals surface area contributed by atoms with Gasteiger partial charge < -0.3 is 0 Å². The molecule has 104 valence electrons. The molecule has 0 spiro atoms. The molecule has 3 heteroatoms. The van der Waals surface area contributed by atoms with Crippen LogP contribution in [0.2, 0.25) is 0 Å². The smallest absolute Gasteiger partial charge is 0.101 e. The van der Waals surface area contributed by atoms with Gasteiger partial charge in [0.2, 0.25) is 0 Å². The van der Waals surface area contributed by atoms with Crippen molar-refractivity contribution in [1.82, 2.24) is 4.98 Å². The van der Waals surface area contributed by atoms with Gasteiger partial charge in [-0.05, 0) is 17.2 Å². The quantitative estimate of drug-likeness (QED) is 0.405. The van der Waals surface area contributed by atoms with Crippen LogP contribution in [0.1, 0.15) is 16.7 Å². The summed E-state index contributed by atoms with van der Waals surface area (Å²) in [6, 6.07) is 20.4. The predicted molar refractivity (Wildman–Crippen MR) is 89.3 cm³/mol. The summed E-state index contributed by atoms with van der Waals surface area (Å²) in [5, 5.41) is 8.70. The van der Waals surface area contributed by atoms with Crippen LogP contribution >= 0.6 is 0 Å². The molecule has 3 nitrogen and oxygen atoms in total. The van der Waals surface area contributed by atoms with Gasteiger partial charge in [0.25, 0.3) is 0 Å². The molecule has 0 bridgehead atoms. The van der Waals surface area contributed by atoms with E-state index in [4.69, 9.17) is 0 Å². The normalized spacial score (nSPS) is 12.3. The highest BCUT2D eigenvalue weighted by molar-refractivity contribution is 6.24. The first-order chi connectivity index (χ1) is 10.9. The SMILES string of the molecule is C(=NN=C1c2ccccc2-c2ccccc21)c1cccnc1. The van der Waals surface area contributed by atoms with Crippen molar-refractivity contribution in [3.05, 3.63) is 89.7 Å². The summed E-state index contributed by atoms with van der Waals surface area (Å²) >= 11 is 0. The summed E-state index contributed by atoms with van der Waals surface area (Å²) < 4.78 is 0. The van der Waals surface area contributed by atoms with Crippen molar-refractivity contribution in [3.8, 4) is 11.1 Å². The highest BCUT2D eigenvalue weighted by Crippen LogP contribution is 2.36.